The van der Waals surface area contributed by atoms with E-state index < -0.39 is 5.97 Å². The molecule has 0 aliphatic heterocycles. The number of nitrogens with zero attached hydrogens (tertiary/aromatic N) is 1. The van der Waals surface area contributed by atoms with Crippen molar-refractivity contribution in [2.75, 3.05) is 6.54 Å². The first kappa shape index (κ1) is 22.0. The van der Waals surface area contributed by atoms with E-state index >= 15 is 0 Å². The van der Waals surface area contributed by atoms with Crippen molar-refractivity contribution in [3.05, 3.63) is 70.8 Å². The first-order valence-electron chi connectivity index (χ1n) is 10.9. The van der Waals surface area contributed by atoms with Crippen LogP contribution in [-0.2, 0) is 22.8 Å². The molecule has 0 bridgehead atoms. The van der Waals surface area contributed by atoms with Crippen LogP contribution in [0.2, 0.25) is 0 Å². The van der Waals surface area contributed by atoms with Gasteiger partial charge in [0.25, 0.3) is 0 Å². The highest BCUT2D eigenvalue weighted by Crippen LogP contribution is 2.32. The molecule has 5 heteroatoms. The summed E-state index contributed by atoms with van der Waals surface area (Å²) in [5, 5.41) is 16.0. The monoisotopic (exact) mass is 408 g/mol. The molecule has 0 heterocycles. The molecule has 0 aromatic heterocycles. The van der Waals surface area contributed by atoms with Crippen molar-refractivity contribution >= 4 is 11.7 Å². The molecular formula is C25H32N2O3. The van der Waals surface area contributed by atoms with Crippen molar-refractivity contribution in [3.63, 3.8) is 0 Å². The van der Waals surface area contributed by atoms with E-state index in [1.807, 2.05) is 31.2 Å². The molecule has 0 atom stereocenters. The quantitative estimate of drug-likeness (QED) is 0.320. The molecule has 1 aliphatic carbocycles. The number of benzene rings is 2. The minimum Gasteiger partial charge on any atom is -0.481 e. The Labute approximate surface area is 179 Å². The molecule has 2 aromatic rings. The summed E-state index contributed by atoms with van der Waals surface area (Å²) in [6.07, 6.45) is 6.85. The Kier molecular flexibility index (Phi) is 8.45. The highest BCUT2D eigenvalue weighted by Gasteiger charge is 2.15. The minimum atomic E-state index is -0.787. The number of carboxylic acid groups (broad SMARTS) is 1. The van der Waals surface area contributed by atoms with Gasteiger partial charge in [-0.15, -0.1) is 0 Å². The Hall–Kier alpha value is -2.66. The lowest BCUT2D eigenvalue weighted by atomic mass is 9.84. The van der Waals surface area contributed by atoms with E-state index in [9.17, 15) is 4.79 Å². The summed E-state index contributed by atoms with van der Waals surface area (Å²) in [6.45, 7) is 3.52. The van der Waals surface area contributed by atoms with Crippen molar-refractivity contribution in [2.45, 2.75) is 64.5 Å². The van der Waals surface area contributed by atoms with Gasteiger partial charge in [0, 0.05) is 13.1 Å². The summed E-state index contributed by atoms with van der Waals surface area (Å²) in [4.78, 5) is 16.1. The van der Waals surface area contributed by atoms with Crippen LogP contribution < -0.4 is 5.32 Å². The molecule has 1 fully saturated rings. The van der Waals surface area contributed by atoms with Gasteiger partial charge in [0.1, 0.15) is 6.61 Å². The summed E-state index contributed by atoms with van der Waals surface area (Å²) in [6, 6.07) is 16.9. The first-order valence-corrected chi connectivity index (χ1v) is 10.9. The molecule has 1 aliphatic rings. The van der Waals surface area contributed by atoms with Crippen LogP contribution in [0.5, 0.6) is 0 Å². The van der Waals surface area contributed by atoms with Gasteiger partial charge in [0.05, 0.1) is 12.1 Å². The Morgan fingerprint density at radius 2 is 1.70 bits per heavy atom. The largest absolute Gasteiger partial charge is 0.481 e. The summed E-state index contributed by atoms with van der Waals surface area (Å²) >= 11 is 0. The van der Waals surface area contributed by atoms with Crippen LogP contribution in [0.15, 0.2) is 53.7 Å². The highest BCUT2D eigenvalue weighted by atomic mass is 16.6. The van der Waals surface area contributed by atoms with E-state index in [1.165, 1.54) is 37.7 Å². The van der Waals surface area contributed by atoms with Gasteiger partial charge in [-0.05, 0) is 47.9 Å². The van der Waals surface area contributed by atoms with E-state index in [-0.39, 0.29) is 6.42 Å². The summed E-state index contributed by atoms with van der Waals surface area (Å²) in [7, 11) is 0. The number of hydrogen-bond donors (Lipinski definition) is 2. The molecule has 0 saturated heterocycles. The fourth-order valence-corrected chi connectivity index (χ4v) is 3.87. The van der Waals surface area contributed by atoms with E-state index in [0.717, 1.165) is 28.3 Å². The van der Waals surface area contributed by atoms with Gasteiger partial charge in [-0.1, -0.05) is 72.9 Å². The van der Waals surface area contributed by atoms with Crippen LogP contribution >= 0.6 is 0 Å². The Bertz CT molecular complexity index is 822. The normalized spacial score (nSPS) is 15.2. The zero-order valence-electron chi connectivity index (χ0n) is 17.8. The third kappa shape index (κ3) is 6.99. The highest BCUT2D eigenvalue weighted by molar-refractivity contribution is 5.98. The van der Waals surface area contributed by atoms with Crippen molar-refractivity contribution in [3.8, 4) is 0 Å². The Balaban J connectivity index is 1.44. The molecule has 30 heavy (non-hydrogen) atoms. The molecule has 2 N–H and O–H groups in total. The van der Waals surface area contributed by atoms with E-state index in [4.69, 9.17) is 9.94 Å². The maximum Gasteiger partial charge on any atom is 0.304 e. The van der Waals surface area contributed by atoms with Gasteiger partial charge in [-0.25, -0.2) is 0 Å². The fraction of sp³-hybridized carbons (Fsp3) is 0.440. The van der Waals surface area contributed by atoms with Gasteiger partial charge in [0.15, 0.2) is 0 Å². The molecule has 5 nitrogen and oxygen atoms in total. The molecular weight excluding hydrogens is 376 g/mol. The lowest BCUT2D eigenvalue weighted by Crippen LogP contribution is -2.17. The molecule has 160 valence electrons. The number of hydrogen-bond acceptors (Lipinski definition) is 4. The lowest BCUT2D eigenvalue weighted by molar-refractivity contribution is -0.136. The second-order valence-electron chi connectivity index (χ2n) is 8.04. The summed E-state index contributed by atoms with van der Waals surface area (Å²) in [5.74, 6) is -0.0609. The zero-order valence-corrected chi connectivity index (χ0v) is 17.8. The molecule has 3 rings (SSSR count). The second kappa shape index (κ2) is 11.5. The van der Waals surface area contributed by atoms with Crippen LogP contribution in [0.4, 0.5) is 0 Å². The maximum atomic E-state index is 10.5. The van der Waals surface area contributed by atoms with E-state index in [1.54, 1.807) is 0 Å². The molecule has 0 radical (unpaired) electrons. The summed E-state index contributed by atoms with van der Waals surface area (Å²) in [5.41, 5.74) is 5.54. The number of nitrogens with one attached hydrogen (secondary N) is 1. The SMILES string of the molecule is CC(=NOCc1ccc(C2CCCCC2)cc1)c1ccc(CNCCC(=O)O)cc1. The van der Waals surface area contributed by atoms with Gasteiger partial charge < -0.3 is 15.3 Å². The average molecular weight is 409 g/mol. The number of aliphatic carboxylic acids is 1. The maximum absolute atomic E-state index is 10.5. The second-order valence-corrected chi connectivity index (χ2v) is 8.04. The third-order valence-electron chi connectivity index (χ3n) is 5.71. The number of rotatable bonds is 10. The van der Waals surface area contributed by atoms with Gasteiger partial charge in [0.2, 0.25) is 0 Å². The third-order valence-corrected chi connectivity index (χ3v) is 5.71. The van der Waals surface area contributed by atoms with Crippen molar-refractivity contribution < 1.29 is 14.7 Å². The van der Waals surface area contributed by atoms with Gasteiger partial charge >= 0.3 is 5.97 Å². The number of carboxylic acids is 1. The van der Waals surface area contributed by atoms with E-state index in [2.05, 4.69) is 34.7 Å². The number of carbonyl (C=O) groups is 1. The van der Waals surface area contributed by atoms with E-state index in [0.29, 0.717) is 19.7 Å². The molecule has 0 unspecified atom stereocenters. The average Bonchev–Trinajstić information content (AvgIpc) is 2.78. The van der Waals surface area contributed by atoms with Crippen LogP contribution in [0.1, 0.15) is 73.6 Å². The Morgan fingerprint density at radius 3 is 2.37 bits per heavy atom. The topological polar surface area (TPSA) is 70.9 Å². The van der Waals surface area contributed by atoms with Crippen LogP contribution in [-0.4, -0.2) is 23.3 Å². The predicted octanol–water partition coefficient (Wildman–Crippen LogP) is 5.24. The van der Waals surface area contributed by atoms with Crippen LogP contribution in [0.25, 0.3) is 0 Å². The van der Waals surface area contributed by atoms with Crippen molar-refractivity contribution in [2.24, 2.45) is 5.16 Å². The molecule has 1 saturated carbocycles. The minimum absolute atomic E-state index is 0.129. The van der Waals surface area contributed by atoms with Crippen LogP contribution in [0, 0.1) is 0 Å². The standard InChI is InChI=1S/C25H32N2O3/c1-19(22-11-7-20(8-12-22)17-26-16-15-25(28)29)27-30-18-21-9-13-24(14-10-21)23-5-3-2-4-6-23/h7-14,23,26H,2-6,15-18H2,1H3,(H,28,29). The van der Waals surface area contributed by atoms with Crippen molar-refractivity contribution in [1.29, 1.82) is 0 Å². The molecule has 0 spiro atoms. The van der Waals surface area contributed by atoms with Gasteiger partial charge in [-0.2, -0.15) is 0 Å². The summed E-state index contributed by atoms with van der Waals surface area (Å²) < 4.78 is 0. The molecule has 2 aromatic carbocycles. The van der Waals surface area contributed by atoms with Crippen molar-refractivity contribution in [1.82, 2.24) is 5.32 Å². The lowest BCUT2D eigenvalue weighted by Gasteiger charge is -2.22. The molecule has 0 amide bonds. The smallest absolute Gasteiger partial charge is 0.304 e. The zero-order chi connectivity index (χ0) is 21.2. The number of oxime groups is 1. The fourth-order valence-electron chi connectivity index (χ4n) is 3.87. The first-order chi connectivity index (χ1) is 14.6. The predicted molar refractivity (Wildman–Crippen MR) is 120 cm³/mol. The van der Waals surface area contributed by atoms with Crippen LogP contribution in [0.3, 0.4) is 0 Å². The van der Waals surface area contributed by atoms with Gasteiger partial charge in [-0.3, -0.25) is 4.79 Å². The Morgan fingerprint density at radius 1 is 1.03 bits per heavy atom.